The minimum atomic E-state index is 0.319. The molecule has 9 heteroatoms. The van der Waals surface area contributed by atoms with Gasteiger partial charge < -0.3 is 20.4 Å². The Hall–Kier alpha value is -3.46. The highest BCUT2D eigenvalue weighted by Crippen LogP contribution is 2.30. The van der Waals surface area contributed by atoms with Gasteiger partial charge in [0.2, 0.25) is 0 Å². The van der Waals surface area contributed by atoms with Gasteiger partial charge in [0.15, 0.2) is 11.6 Å². The smallest absolute Gasteiger partial charge is 0.161 e. The number of nitrogen functional groups attached to an aromatic ring is 1. The zero-order valence-electron chi connectivity index (χ0n) is 17.0. The largest absolute Gasteiger partial charge is 0.494 e. The first-order valence-electron chi connectivity index (χ1n) is 10.0. The van der Waals surface area contributed by atoms with Gasteiger partial charge in [0.05, 0.1) is 36.8 Å². The van der Waals surface area contributed by atoms with Gasteiger partial charge >= 0.3 is 0 Å². The SMILES string of the molecule is COc1cccc2nc(-c3nc(-c4cnn(C5CCN(C)CC5)c4)cnc3N)[nH]c12. The number of benzene rings is 1. The number of hydrogen-bond donors (Lipinski definition) is 2. The van der Waals surface area contributed by atoms with Crippen LogP contribution in [0.2, 0.25) is 0 Å². The van der Waals surface area contributed by atoms with E-state index in [1.54, 1.807) is 13.3 Å². The number of ether oxygens (including phenoxy) is 1. The Morgan fingerprint density at radius 1 is 1.17 bits per heavy atom. The summed E-state index contributed by atoms with van der Waals surface area (Å²) in [6.45, 7) is 2.17. The molecule has 4 heterocycles. The second-order valence-corrected chi connectivity index (χ2v) is 7.67. The van der Waals surface area contributed by atoms with Gasteiger partial charge in [0.25, 0.3) is 0 Å². The van der Waals surface area contributed by atoms with E-state index in [0.717, 1.165) is 42.5 Å². The predicted octanol–water partition coefficient (Wildman–Crippen LogP) is 2.74. The number of aromatic nitrogens is 6. The number of fused-ring (bicyclic) bond motifs is 1. The Morgan fingerprint density at radius 2 is 2.00 bits per heavy atom. The number of aromatic amines is 1. The predicted molar refractivity (Wildman–Crippen MR) is 115 cm³/mol. The number of hydrogen-bond acceptors (Lipinski definition) is 7. The Balaban J connectivity index is 1.49. The third kappa shape index (κ3) is 3.26. The fourth-order valence-electron chi connectivity index (χ4n) is 3.93. The first-order chi connectivity index (χ1) is 14.6. The number of rotatable bonds is 4. The average molecular weight is 404 g/mol. The van der Waals surface area contributed by atoms with Crippen LogP contribution < -0.4 is 10.5 Å². The van der Waals surface area contributed by atoms with E-state index in [4.69, 9.17) is 15.5 Å². The molecule has 0 radical (unpaired) electrons. The number of anilines is 1. The van der Waals surface area contributed by atoms with Crippen molar-refractivity contribution in [2.75, 3.05) is 33.0 Å². The standard InChI is InChI=1S/C21H24N8O/c1-28-8-6-14(7-9-28)29-12-13(10-24-29)16-11-23-20(22)19(25-16)21-26-15-4-3-5-17(30-2)18(15)27-21/h3-5,10-12,14H,6-9H2,1-2H3,(H2,22,23)(H,26,27). The Labute approximate surface area is 173 Å². The molecular formula is C21H24N8O. The molecule has 3 aromatic heterocycles. The number of piperidine rings is 1. The molecule has 0 saturated carbocycles. The molecule has 0 aliphatic carbocycles. The number of methoxy groups -OCH3 is 1. The first kappa shape index (κ1) is 18.6. The Kier molecular flexibility index (Phi) is 4.59. The van der Waals surface area contributed by atoms with Crippen molar-refractivity contribution in [2.24, 2.45) is 0 Å². The molecular weight excluding hydrogens is 380 g/mol. The first-order valence-corrected chi connectivity index (χ1v) is 10.0. The maximum absolute atomic E-state index is 6.14. The topological polar surface area (TPSA) is 111 Å². The summed E-state index contributed by atoms with van der Waals surface area (Å²) < 4.78 is 7.46. The highest BCUT2D eigenvalue weighted by Gasteiger charge is 2.20. The van der Waals surface area contributed by atoms with E-state index in [1.807, 2.05) is 35.3 Å². The van der Waals surface area contributed by atoms with Crippen molar-refractivity contribution in [3.63, 3.8) is 0 Å². The lowest BCUT2D eigenvalue weighted by Crippen LogP contribution is -2.31. The van der Waals surface area contributed by atoms with Crippen LogP contribution in [-0.2, 0) is 0 Å². The van der Waals surface area contributed by atoms with Gasteiger partial charge in [-0.2, -0.15) is 5.10 Å². The van der Waals surface area contributed by atoms with Gasteiger partial charge in [-0.15, -0.1) is 0 Å². The molecule has 3 N–H and O–H groups in total. The zero-order valence-corrected chi connectivity index (χ0v) is 17.0. The monoisotopic (exact) mass is 404 g/mol. The van der Waals surface area contributed by atoms with Crippen molar-refractivity contribution in [1.29, 1.82) is 0 Å². The summed E-state index contributed by atoms with van der Waals surface area (Å²) >= 11 is 0. The summed E-state index contributed by atoms with van der Waals surface area (Å²) in [5, 5.41) is 4.58. The molecule has 0 bridgehead atoms. The van der Waals surface area contributed by atoms with Crippen molar-refractivity contribution in [1.82, 2.24) is 34.6 Å². The highest BCUT2D eigenvalue weighted by atomic mass is 16.5. The van der Waals surface area contributed by atoms with Gasteiger partial charge in [-0.25, -0.2) is 15.0 Å². The number of likely N-dealkylation sites (tertiary alicyclic amines) is 1. The molecule has 0 amide bonds. The van der Waals surface area contributed by atoms with Crippen molar-refractivity contribution >= 4 is 16.9 Å². The molecule has 0 atom stereocenters. The molecule has 154 valence electrons. The van der Waals surface area contributed by atoms with E-state index in [2.05, 4.69) is 32.0 Å². The van der Waals surface area contributed by atoms with E-state index in [9.17, 15) is 0 Å². The molecule has 1 aliphatic heterocycles. The summed E-state index contributed by atoms with van der Waals surface area (Å²) in [4.78, 5) is 19.4. The van der Waals surface area contributed by atoms with Gasteiger partial charge in [0.1, 0.15) is 17.0 Å². The van der Waals surface area contributed by atoms with Crippen LogP contribution in [-0.4, -0.2) is 61.9 Å². The van der Waals surface area contributed by atoms with Crippen LogP contribution in [0.3, 0.4) is 0 Å². The summed E-state index contributed by atoms with van der Waals surface area (Å²) in [5.74, 6) is 1.59. The number of nitrogens with one attached hydrogen (secondary N) is 1. The second kappa shape index (κ2) is 7.42. The fourth-order valence-corrected chi connectivity index (χ4v) is 3.93. The zero-order chi connectivity index (χ0) is 20.7. The summed E-state index contributed by atoms with van der Waals surface area (Å²) in [5.41, 5.74) is 9.86. The van der Waals surface area contributed by atoms with Gasteiger partial charge in [0, 0.05) is 11.8 Å². The average Bonchev–Trinajstić information content (AvgIpc) is 3.42. The van der Waals surface area contributed by atoms with Crippen molar-refractivity contribution < 1.29 is 4.74 Å². The minimum absolute atomic E-state index is 0.319. The van der Waals surface area contributed by atoms with Crippen LogP contribution in [0.1, 0.15) is 18.9 Å². The number of nitrogens with two attached hydrogens (primary N) is 1. The number of imidazole rings is 1. The van der Waals surface area contributed by atoms with E-state index >= 15 is 0 Å². The second-order valence-electron chi connectivity index (χ2n) is 7.67. The number of para-hydroxylation sites is 1. The molecule has 1 saturated heterocycles. The molecule has 1 aliphatic rings. The third-order valence-electron chi connectivity index (χ3n) is 5.68. The summed E-state index contributed by atoms with van der Waals surface area (Å²) in [6.07, 6.45) is 7.75. The Morgan fingerprint density at radius 3 is 2.80 bits per heavy atom. The van der Waals surface area contributed by atoms with E-state index in [1.165, 1.54) is 0 Å². The highest BCUT2D eigenvalue weighted by molar-refractivity contribution is 5.85. The maximum atomic E-state index is 6.14. The molecule has 5 rings (SSSR count). The summed E-state index contributed by atoms with van der Waals surface area (Å²) in [7, 11) is 3.79. The van der Waals surface area contributed by atoms with Crippen molar-refractivity contribution in [2.45, 2.75) is 18.9 Å². The third-order valence-corrected chi connectivity index (χ3v) is 5.68. The molecule has 1 fully saturated rings. The van der Waals surface area contributed by atoms with Crippen LogP contribution in [0, 0.1) is 0 Å². The van der Waals surface area contributed by atoms with Crippen molar-refractivity contribution in [3.05, 3.63) is 36.8 Å². The van der Waals surface area contributed by atoms with Crippen LogP contribution in [0.25, 0.3) is 33.8 Å². The van der Waals surface area contributed by atoms with Gasteiger partial charge in [-0.3, -0.25) is 4.68 Å². The molecule has 0 unspecified atom stereocenters. The quantitative estimate of drug-likeness (QED) is 0.538. The molecule has 30 heavy (non-hydrogen) atoms. The lowest BCUT2D eigenvalue weighted by Gasteiger charge is -2.28. The Bertz CT molecular complexity index is 1190. The lowest BCUT2D eigenvalue weighted by molar-refractivity contribution is 0.212. The van der Waals surface area contributed by atoms with Crippen LogP contribution in [0.15, 0.2) is 36.8 Å². The number of nitrogens with zero attached hydrogens (tertiary/aromatic N) is 6. The van der Waals surface area contributed by atoms with Crippen LogP contribution in [0.4, 0.5) is 5.82 Å². The normalized spacial score (nSPS) is 15.7. The fraction of sp³-hybridized carbons (Fsp3) is 0.333. The minimum Gasteiger partial charge on any atom is -0.494 e. The maximum Gasteiger partial charge on any atom is 0.161 e. The van der Waals surface area contributed by atoms with Crippen LogP contribution >= 0.6 is 0 Å². The van der Waals surface area contributed by atoms with E-state index in [0.29, 0.717) is 34.8 Å². The summed E-state index contributed by atoms with van der Waals surface area (Å²) in [6, 6.07) is 6.11. The molecule has 4 aromatic rings. The number of H-pyrrole nitrogens is 1. The van der Waals surface area contributed by atoms with Gasteiger partial charge in [-0.1, -0.05) is 6.07 Å². The molecule has 1 aromatic carbocycles. The van der Waals surface area contributed by atoms with Crippen LogP contribution in [0.5, 0.6) is 5.75 Å². The van der Waals surface area contributed by atoms with Gasteiger partial charge in [-0.05, 0) is 45.1 Å². The van der Waals surface area contributed by atoms with Crippen molar-refractivity contribution in [3.8, 4) is 28.5 Å². The van der Waals surface area contributed by atoms with E-state index < -0.39 is 0 Å². The molecule has 9 nitrogen and oxygen atoms in total. The van der Waals surface area contributed by atoms with E-state index in [-0.39, 0.29) is 0 Å². The lowest BCUT2D eigenvalue weighted by atomic mass is 10.1. The molecule has 0 spiro atoms.